The molecule has 15 rings (SSSR count). The van der Waals surface area contributed by atoms with Gasteiger partial charge in [-0.2, -0.15) is 0 Å². The quantitative estimate of drug-likeness (QED) is 0.145. The monoisotopic (exact) mass is 1630 g/mol. The standard InChI is InChI=1S/C23H36.2C22H34.2C21H32.5C2H6/c1-22(2,3)19-13-14-20(23(4,5)6)21-17-12-10-8-7-9-11-16(17)15-18(19)21;2*1-21(2,3)18-12-13-19(22(4,5)6)20-16-11-9-7-8-10-15(16)14-17(18)20;2*1-20(2,3)17-11-12-18(21(4,5)6)19-15-10-8-7-9-14(15)13-16(17)19;5*1-2/h13-14,16-17H,7-12,15H2,1-6H3;2*12-13,15-16H,7-11,14H2,1-6H3;2*11-12,14-15H,7-10,13H2,1-6H3;5*1-2H3. The topological polar surface area (TPSA) is 0 Å². The highest BCUT2D eigenvalue weighted by molar-refractivity contribution is 5.57. The molecule has 674 valence electrons. The lowest BCUT2D eigenvalue weighted by Crippen LogP contribution is -2.20. The number of benzene rings is 5. The first-order valence-electron chi connectivity index (χ1n) is 51.3. The van der Waals surface area contributed by atoms with Gasteiger partial charge in [0.15, 0.2) is 0 Å². The Morgan fingerprint density at radius 2 is 0.261 bits per heavy atom. The molecule has 0 heteroatoms. The minimum atomic E-state index is 0.262. The van der Waals surface area contributed by atoms with Gasteiger partial charge in [-0.25, -0.2) is 0 Å². The summed E-state index contributed by atoms with van der Waals surface area (Å²) in [5.74, 6) is 8.83. The Morgan fingerprint density at radius 1 is 0.151 bits per heavy atom. The van der Waals surface area contributed by atoms with E-state index in [2.05, 4.69) is 268 Å². The normalized spacial score (nSPS) is 23.7. The predicted molar refractivity (Wildman–Crippen MR) is 536 cm³/mol. The summed E-state index contributed by atoms with van der Waals surface area (Å²) in [5.41, 5.74) is 36.4. The maximum absolute atomic E-state index is 2.47. The predicted octanol–water partition coefficient (Wildman–Crippen LogP) is 37.2. The van der Waals surface area contributed by atoms with E-state index in [0.29, 0.717) is 0 Å². The zero-order valence-corrected chi connectivity index (χ0v) is 87.1. The third-order valence-corrected chi connectivity index (χ3v) is 29.6. The first-order chi connectivity index (χ1) is 55.5. The fourth-order valence-corrected chi connectivity index (χ4v) is 24.5. The lowest BCUT2D eigenvalue weighted by atomic mass is 9.73. The molecular formula is C119H198. The van der Waals surface area contributed by atoms with E-state index in [4.69, 9.17) is 0 Å². The molecule has 0 heterocycles. The highest BCUT2D eigenvalue weighted by Gasteiger charge is 2.46. The second-order valence-corrected chi connectivity index (χ2v) is 48.5. The minimum Gasteiger partial charge on any atom is -0.0683 e. The Hall–Kier alpha value is -3.90. The molecule has 0 saturated heterocycles. The summed E-state index contributed by atoms with van der Waals surface area (Å²) in [6, 6.07) is 24.5. The third kappa shape index (κ3) is 24.9. The Bertz CT molecular complexity index is 3730. The van der Waals surface area contributed by atoms with Crippen molar-refractivity contribution in [2.45, 2.75) is 547 Å². The summed E-state index contributed by atoms with van der Waals surface area (Å²) in [5, 5.41) is 0. The van der Waals surface area contributed by atoms with Gasteiger partial charge in [-0.1, -0.05) is 428 Å². The SMILES string of the molecule is CC.CC.CC.CC.CC.CC(C)(C)c1ccc(C(C)(C)C)c2c1CC1CCCCC21.CC(C)(C)c1ccc(C(C)(C)C)c2c1CC1CCCCC21.CC(C)(C)c1ccc(C(C)(C)C)c2c1CC1CCCCCC21.CC(C)(C)c1ccc(C(C)(C)C)c2c1CC1CCCCCC21.CC(C)(C)c1ccc(C(C)(C)C)c2c1CC1CCCCCCC21. The van der Waals surface area contributed by atoms with Gasteiger partial charge in [0, 0.05) is 0 Å². The van der Waals surface area contributed by atoms with E-state index < -0.39 is 0 Å². The van der Waals surface area contributed by atoms with Gasteiger partial charge >= 0.3 is 0 Å². The van der Waals surface area contributed by atoms with E-state index >= 15 is 0 Å². The van der Waals surface area contributed by atoms with Crippen molar-refractivity contribution in [3.8, 4) is 0 Å². The van der Waals surface area contributed by atoms with Crippen molar-refractivity contribution >= 4 is 0 Å². The van der Waals surface area contributed by atoms with Crippen LogP contribution in [0.1, 0.15) is 572 Å². The first kappa shape index (κ1) is 104. The number of hydrogen-bond donors (Lipinski definition) is 0. The number of hydrogen-bond acceptors (Lipinski definition) is 0. The molecule has 10 atom stereocenters. The van der Waals surface area contributed by atoms with Gasteiger partial charge in [0.1, 0.15) is 0 Å². The van der Waals surface area contributed by atoms with Gasteiger partial charge in [-0.05, 0) is 321 Å². The zero-order chi connectivity index (χ0) is 89.9. The van der Waals surface area contributed by atoms with Crippen molar-refractivity contribution in [2.75, 3.05) is 0 Å². The van der Waals surface area contributed by atoms with Gasteiger partial charge in [-0.3, -0.25) is 0 Å². The van der Waals surface area contributed by atoms with Gasteiger partial charge in [0.25, 0.3) is 0 Å². The van der Waals surface area contributed by atoms with Crippen LogP contribution in [0.3, 0.4) is 0 Å². The Morgan fingerprint density at radius 3 is 0.403 bits per heavy atom. The van der Waals surface area contributed by atoms with E-state index in [1.54, 1.807) is 111 Å². The lowest BCUT2D eigenvalue weighted by Gasteiger charge is -2.31. The van der Waals surface area contributed by atoms with Gasteiger partial charge in [0.2, 0.25) is 0 Å². The Labute approximate surface area is 743 Å². The molecule has 10 aliphatic carbocycles. The second-order valence-electron chi connectivity index (χ2n) is 48.5. The average Bonchev–Trinajstić information content (AvgIpc) is 1.64. The summed E-state index contributed by atoms with van der Waals surface area (Å²) in [6.07, 6.45) is 41.3. The van der Waals surface area contributed by atoms with Crippen molar-refractivity contribution < 1.29 is 0 Å². The van der Waals surface area contributed by atoms with Crippen LogP contribution in [0.25, 0.3) is 0 Å². The maximum Gasteiger partial charge on any atom is -0.0125 e. The lowest BCUT2D eigenvalue weighted by molar-refractivity contribution is 0.327. The van der Waals surface area contributed by atoms with Crippen LogP contribution in [-0.4, -0.2) is 0 Å². The van der Waals surface area contributed by atoms with Crippen LogP contribution in [0.15, 0.2) is 60.7 Å². The summed E-state index contributed by atoms with van der Waals surface area (Å²) in [7, 11) is 0. The molecule has 0 bridgehead atoms. The number of fused-ring (bicyclic) bond motifs is 15. The van der Waals surface area contributed by atoms with Crippen molar-refractivity contribution in [1.29, 1.82) is 0 Å². The van der Waals surface area contributed by atoms with Crippen LogP contribution in [0, 0.1) is 29.6 Å². The molecule has 5 fully saturated rings. The van der Waals surface area contributed by atoms with Gasteiger partial charge in [0.05, 0.1) is 0 Å². The van der Waals surface area contributed by atoms with E-state index in [9.17, 15) is 0 Å². The molecule has 5 aromatic rings. The van der Waals surface area contributed by atoms with Crippen LogP contribution in [-0.2, 0) is 86.3 Å². The fraction of sp³-hybridized carbons (Fsp3) is 0.748. The molecule has 119 heavy (non-hydrogen) atoms. The molecule has 0 amide bonds. The molecule has 10 aliphatic rings. The molecular weight excluding hydrogens is 1430 g/mol. The molecule has 0 radical (unpaired) electrons. The van der Waals surface area contributed by atoms with E-state index in [-0.39, 0.29) is 54.1 Å². The van der Waals surface area contributed by atoms with Crippen molar-refractivity contribution in [3.63, 3.8) is 0 Å². The first-order valence-corrected chi connectivity index (χ1v) is 51.3. The Balaban J connectivity index is 0.000000225. The molecule has 0 N–H and O–H groups in total. The molecule has 0 nitrogen and oxygen atoms in total. The number of rotatable bonds is 0. The average molecular weight is 1630 g/mol. The van der Waals surface area contributed by atoms with Crippen molar-refractivity contribution in [3.05, 3.63) is 172 Å². The highest BCUT2D eigenvalue weighted by atomic mass is 14.5. The van der Waals surface area contributed by atoms with Crippen molar-refractivity contribution in [2.24, 2.45) is 29.6 Å². The second kappa shape index (κ2) is 42.6. The zero-order valence-electron chi connectivity index (χ0n) is 87.1. The smallest absolute Gasteiger partial charge is 0.0125 e. The van der Waals surface area contributed by atoms with Crippen LogP contribution in [0.2, 0.25) is 0 Å². The molecule has 5 aromatic carbocycles. The van der Waals surface area contributed by atoms with Crippen molar-refractivity contribution in [1.82, 2.24) is 0 Å². The summed E-state index contributed by atoms with van der Waals surface area (Å²) in [6.45, 7) is 91.6. The maximum atomic E-state index is 2.47. The van der Waals surface area contributed by atoms with Crippen LogP contribution < -0.4 is 0 Å². The summed E-state index contributed by atoms with van der Waals surface area (Å²) < 4.78 is 0. The van der Waals surface area contributed by atoms with E-state index in [1.807, 2.05) is 69.2 Å². The fourth-order valence-electron chi connectivity index (χ4n) is 24.5. The van der Waals surface area contributed by atoms with Gasteiger partial charge < -0.3 is 0 Å². The van der Waals surface area contributed by atoms with E-state index in [1.165, 1.54) is 186 Å². The summed E-state index contributed by atoms with van der Waals surface area (Å²) in [4.78, 5) is 0. The van der Waals surface area contributed by atoms with Crippen LogP contribution in [0.4, 0.5) is 0 Å². The van der Waals surface area contributed by atoms with Crippen LogP contribution in [0.5, 0.6) is 0 Å². The minimum absolute atomic E-state index is 0.262. The van der Waals surface area contributed by atoms with E-state index in [0.717, 1.165) is 59.2 Å². The highest BCUT2D eigenvalue weighted by Crippen LogP contribution is 2.58. The molecule has 5 saturated carbocycles. The third-order valence-electron chi connectivity index (χ3n) is 29.6. The molecule has 0 spiro atoms. The Kier molecular flexibility index (Phi) is 37.2. The largest absolute Gasteiger partial charge is 0.0683 e. The van der Waals surface area contributed by atoms with Crippen LogP contribution >= 0.6 is 0 Å². The molecule has 10 unspecified atom stereocenters. The van der Waals surface area contributed by atoms with Gasteiger partial charge in [-0.15, -0.1) is 0 Å². The molecule has 0 aromatic heterocycles. The molecule has 0 aliphatic heterocycles. The summed E-state index contributed by atoms with van der Waals surface area (Å²) >= 11 is 0.